The second-order valence-corrected chi connectivity index (χ2v) is 3.55. The number of nitrogen functional groups attached to an aromatic ring is 1. The Balaban J connectivity index is 2.67. The maximum atomic E-state index is 11.9. The van der Waals surface area contributed by atoms with E-state index in [4.69, 9.17) is 5.73 Å². The van der Waals surface area contributed by atoms with Crippen molar-refractivity contribution in [1.82, 2.24) is 9.78 Å². The molecule has 0 saturated carbocycles. The third kappa shape index (κ3) is 2.68. The van der Waals surface area contributed by atoms with Crippen molar-refractivity contribution in [3.63, 3.8) is 0 Å². The predicted molar refractivity (Wildman–Crippen MR) is 51.3 cm³/mol. The van der Waals surface area contributed by atoms with Gasteiger partial charge in [0.05, 0.1) is 5.69 Å². The van der Waals surface area contributed by atoms with Gasteiger partial charge in [-0.15, -0.1) is 0 Å². The Bertz CT molecular complexity index is 294. The van der Waals surface area contributed by atoms with E-state index in [1.807, 2.05) is 13.8 Å². The van der Waals surface area contributed by atoms with Crippen LogP contribution in [-0.2, 0) is 6.54 Å². The molecule has 14 heavy (non-hydrogen) atoms. The Morgan fingerprint density at radius 2 is 2.14 bits per heavy atom. The number of aromatic nitrogens is 2. The van der Waals surface area contributed by atoms with Crippen LogP contribution in [0.5, 0.6) is 0 Å². The zero-order valence-corrected chi connectivity index (χ0v) is 8.37. The summed E-state index contributed by atoms with van der Waals surface area (Å²) in [4.78, 5) is 0. The monoisotopic (exact) mass is 203 g/mol. The highest BCUT2D eigenvalue weighted by molar-refractivity contribution is 5.31. The first-order chi connectivity index (χ1) is 6.50. The summed E-state index contributed by atoms with van der Waals surface area (Å²) in [6.07, 6.45) is -2.51. The number of aryl methyl sites for hydroxylation is 1. The predicted octanol–water partition coefficient (Wildman–Crippen LogP) is 2.24. The van der Waals surface area contributed by atoms with E-state index in [2.05, 4.69) is 5.10 Å². The molecule has 0 radical (unpaired) electrons. The Hall–Kier alpha value is -1.13. The highest BCUT2D eigenvalue weighted by atomic mass is 19.3. The van der Waals surface area contributed by atoms with Gasteiger partial charge in [-0.25, -0.2) is 13.5 Å². The molecule has 5 heteroatoms. The first-order valence-corrected chi connectivity index (χ1v) is 4.62. The van der Waals surface area contributed by atoms with Crippen LogP contribution in [0.4, 0.5) is 14.6 Å². The fourth-order valence-corrected chi connectivity index (χ4v) is 1.13. The quantitative estimate of drug-likeness (QED) is 0.815. The third-order valence-corrected chi connectivity index (χ3v) is 1.98. The van der Waals surface area contributed by atoms with Crippen LogP contribution in [-0.4, -0.2) is 16.2 Å². The maximum absolute atomic E-state index is 11.9. The zero-order chi connectivity index (χ0) is 10.7. The van der Waals surface area contributed by atoms with Crippen LogP contribution in [0.1, 0.15) is 31.9 Å². The van der Waals surface area contributed by atoms with Crippen LogP contribution in [0.25, 0.3) is 0 Å². The largest absolute Gasteiger partial charge is 0.384 e. The van der Waals surface area contributed by atoms with E-state index in [-0.39, 0.29) is 18.9 Å². The van der Waals surface area contributed by atoms with Crippen molar-refractivity contribution in [3.8, 4) is 0 Å². The van der Waals surface area contributed by atoms with Gasteiger partial charge in [0.2, 0.25) is 6.43 Å². The van der Waals surface area contributed by atoms with Crippen molar-refractivity contribution in [2.24, 2.45) is 0 Å². The van der Waals surface area contributed by atoms with E-state index in [1.165, 1.54) is 4.68 Å². The van der Waals surface area contributed by atoms with Gasteiger partial charge < -0.3 is 5.73 Å². The first-order valence-electron chi connectivity index (χ1n) is 4.62. The van der Waals surface area contributed by atoms with Crippen LogP contribution >= 0.6 is 0 Å². The van der Waals surface area contributed by atoms with E-state index in [0.29, 0.717) is 5.82 Å². The molecule has 0 aliphatic rings. The summed E-state index contributed by atoms with van der Waals surface area (Å²) in [6, 6.07) is 1.73. The molecule has 1 aromatic heterocycles. The Morgan fingerprint density at radius 1 is 1.50 bits per heavy atom. The summed E-state index contributed by atoms with van der Waals surface area (Å²) in [5, 5.41) is 4.14. The van der Waals surface area contributed by atoms with E-state index < -0.39 is 6.43 Å². The molecule has 0 saturated heterocycles. The van der Waals surface area contributed by atoms with Gasteiger partial charge in [-0.05, 0) is 5.92 Å². The zero-order valence-electron chi connectivity index (χ0n) is 8.37. The molecule has 0 aliphatic carbocycles. The molecule has 1 aromatic rings. The number of halogens is 2. The Kier molecular flexibility index (Phi) is 3.43. The van der Waals surface area contributed by atoms with Crippen LogP contribution in [0, 0.1) is 0 Å². The van der Waals surface area contributed by atoms with Crippen molar-refractivity contribution >= 4 is 5.82 Å². The normalized spacial score (nSPS) is 11.6. The number of nitrogens with zero attached hydrogens (tertiary/aromatic N) is 2. The molecule has 80 valence electrons. The van der Waals surface area contributed by atoms with Crippen molar-refractivity contribution in [2.45, 2.75) is 39.2 Å². The van der Waals surface area contributed by atoms with Gasteiger partial charge in [-0.2, -0.15) is 5.10 Å². The number of anilines is 1. The van der Waals surface area contributed by atoms with E-state index in [1.54, 1.807) is 6.07 Å². The first kappa shape index (κ1) is 10.9. The lowest BCUT2D eigenvalue weighted by Crippen LogP contribution is -2.08. The minimum atomic E-state index is -2.30. The van der Waals surface area contributed by atoms with Gasteiger partial charge in [-0.1, -0.05) is 13.8 Å². The van der Waals surface area contributed by atoms with E-state index in [9.17, 15) is 8.78 Å². The molecule has 3 nitrogen and oxygen atoms in total. The van der Waals surface area contributed by atoms with Gasteiger partial charge in [0, 0.05) is 19.0 Å². The summed E-state index contributed by atoms with van der Waals surface area (Å²) in [5.74, 6) is 0.722. The van der Waals surface area contributed by atoms with Crippen molar-refractivity contribution in [3.05, 3.63) is 11.8 Å². The lowest BCUT2D eigenvalue weighted by atomic mass is 10.1. The Morgan fingerprint density at radius 3 is 2.57 bits per heavy atom. The molecular formula is C9H15F2N3. The maximum Gasteiger partial charge on any atom is 0.240 e. The van der Waals surface area contributed by atoms with Gasteiger partial charge >= 0.3 is 0 Å². The number of hydrogen-bond acceptors (Lipinski definition) is 2. The average molecular weight is 203 g/mol. The fourth-order valence-electron chi connectivity index (χ4n) is 1.13. The highest BCUT2D eigenvalue weighted by Crippen LogP contribution is 2.16. The van der Waals surface area contributed by atoms with Crippen LogP contribution in [0.3, 0.4) is 0 Å². The molecule has 0 aliphatic heterocycles. The average Bonchev–Trinajstić information content (AvgIpc) is 2.43. The van der Waals surface area contributed by atoms with Gasteiger partial charge in [0.15, 0.2) is 0 Å². The minimum absolute atomic E-state index is 0.177. The smallest absolute Gasteiger partial charge is 0.240 e. The number of rotatable bonds is 4. The second-order valence-electron chi connectivity index (χ2n) is 3.55. The van der Waals surface area contributed by atoms with Crippen LogP contribution in [0.15, 0.2) is 6.07 Å². The fraction of sp³-hybridized carbons (Fsp3) is 0.667. The van der Waals surface area contributed by atoms with Crippen LogP contribution < -0.4 is 5.73 Å². The van der Waals surface area contributed by atoms with Crippen molar-refractivity contribution in [1.29, 1.82) is 0 Å². The van der Waals surface area contributed by atoms with Crippen molar-refractivity contribution < 1.29 is 8.78 Å². The summed E-state index contributed by atoms with van der Waals surface area (Å²) >= 11 is 0. The lowest BCUT2D eigenvalue weighted by Gasteiger charge is -2.03. The van der Waals surface area contributed by atoms with Gasteiger partial charge in [0.1, 0.15) is 5.82 Å². The van der Waals surface area contributed by atoms with E-state index in [0.717, 1.165) is 5.69 Å². The van der Waals surface area contributed by atoms with E-state index >= 15 is 0 Å². The standard InChI is InChI=1S/C9H15F2N3/c1-6(2)7-5-9(12)14(13-7)4-3-8(10)11/h5-6,8H,3-4,12H2,1-2H3. The minimum Gasteiger partial charge on any atom is -0.384 e. The summed E-state index contributed by atoms with van der Waals surface area (Å²) in [6.45, 7) is 4.15. The molecule has 0 aromatic carbocycles. The third-order valence-electron chi connectivity index (χ3n) is 1.98. The molecule has 0 spiro atoms. The molecule has 1 heterocycles. The molecule has 0 atom stereocenters. The Labute approximate surface area is 81.9 Å². The number of alkyl halides is 2. The van der Waals surface area contributed by atoms with Crippen molar-refractivity contribution in [2.75, 3.05) is 5.73 Å². The topological polar surface area (TPSA) is 43.8 Å². The van der Waals surface area contributed by atoms with Gasteiger partial charge in [0.25, 0.3) is 0 Å². The van der Waals surface area contributed by atoms with Crippen LogP contribution in [0.2, 0.25) is 0 Å². The highest BCUT2D eigenvalue weighted by Gasteiger charge is 2.09. The molecule has 0 amide bonds. The number of hydrogen-bond donors (Lipinski definition) is 1. The molecule has 0 bridgehead atoms. The lowest BCUT2D eigenvalue weighted by molar-refractivity contribution is 0.130. The summed E-state index contributed by atoms with van der Waals surface area (Å²) < 4.78 is 25.3. The second kappa shape index (κ2) is 4.39. The summed E-state index contributed by atoms with van der Waals surface area (Å²) in [7, 11) is 0. The summed E-state index contributed by atoms with van der Waals surface area (Å²) in [5.41, 5.74) is 6.47. The SMILES string of the molecule is CC(C)c1cc(N)n(CCC(F)F)n1. The molecular weight excluding hydrogens is 188 g/mol. The molecule has 0 fully saturated rings. The molecule has 0 unspecified atom stereocenters. The molecule has 2 N–H and O–H groups in total. The van der Waals surface area contributed by atoms with Gasteiger partial charge in [-0.3, -0.25) is 0 Å². The number of nitrogens with two attached hydrogens (primary N) is 1. The molecule has 1 rings (SSSR count).